The standard InChI is InChI=1S/C13H14N4O3/c1-8-4-5-11(12(6-8)17(19)20)15-13(18)10-7-14-16(3)9(10)2/h4-7H,1-3H3,(H,15,18). The van der Waals surface area contributed by atoms with Crippen LogP contribution in [0.5, 0.6) is 0 Å². The third kappa shape index (κ3) is 2.51. The molecule has 0 unspecified atom stereocenters. The molecule has 1 heterocycles. The molecule has 1 N–H and O–H groups in total. The van der Waals surface area contributed by atoms with Gasteiger partial charge < -0.3 is 5.32 Å². The zero-order chi connectivity index (χ0) is 14.9. The van der Waals surface area contributed by atoms with E-state index in [2.05, 4.69) is 10.4 Å². The van der Waals surface area contributed by atoms with Crippen molar-refractivity contribution in [2.24, 2.45) is 7.05 Å². The van der Waals surface area contributed by atoms with E-state index < -0.39 is 10.8 Å². The van der Waals surface area contributed by atoms with Crippen LogP contribution in [0.15, 0.2) is 24.4 Å². The van der Waals surface area contributed by atoms with Gasteiger partial charge in [-0.15, -0.1) is 0 Å². The highest BCUT2D eigenvalue weighted by molar-refractivity contribution is 6.06. The number of hydrogen-bond donors (Lipinski definition) is 1. The summed E-state index contributed by atoms with van der Waals surface area (Å²) in [4.78, 5) is 22.6. The lowest BCUT2D eigenvalue weighted by atomic mass is 10.2. The lowest BCUT2D eigenvalue weighted by Crippen LogP contribution is -2.14. The molecule has 104 valence electrons. The lowest BCUT2D eigenvalue weighted by Gasteiger charge is -2.06. The van der Waals surface area contributed by atoms with Gasteiger partial charge in [0.05, 0.1) is 16.7 Å². The van der Waals surface area contributed by atoms with E-state index in [1.807, 2.05) is 0 Å². The molecule has 0 aliphatic carbocycles. The van der Waals surface area contributed by atoms with E-state index in [4.69, 9.17) is 0 Å². The van der Waals surface area contributed by atoms with Crippen molar-refractivity contribution >= 4 is 17.3 Å². The van der Waals surface area contributed by atoms with E-state index >= 15 is 0 Å². The van der Waals surface area contributed by atoms with Crippen molar-refractivity contribution in [2.75, 3.05) is 5.32 Å². The zero-order valence-corrected chi connectivity index (χ0v) is 11.4. The van der Waals surface area contributed by atoms with E-state index in [1.54, 1.807) is 31.6 Å². The normalized spacial score (nSPS) is 10.3. The predicted molar refractivity (Wildman–Crippen MR) is 73.7 cm³/mol. The second-order valence-corrected chi connectivity index (χ2v) is 4.50. The second kappa shape index (κ2) is 5.12. The molecule has 2 rings (SSSR count). The molecular weight excluding hydrogens is 260 g/mol. The largest absolute Gasteiger partial charge is 0.316 e. The molecule has 0 bridgehead atoms. The molecule has 0 atom stereocenters. The van der Waals surface area contributed by atoms with E-state index in [1.165, 1.54) is 18.3 Å². The van der Waals surface area contributed by atoms with Gasteiger partial charge in [-0.05, 0) is 25.5 Å². The van der Waals surface area contributed by atoms with Crippen LogP contribution in [0.1, 0.15) is 21.6 Å². The summed E-state index contributed by atoms with van der Waals surface area (Å²) in [6.07, 6.45) is 1.44. The van der Waals surface area contributed by atoms with Crippen LogP contribution in [0.3, 0.4) is 0 Å². The van der Waals surface area contributed by atoms with E-state index in [-0.39, 0.29) is 11.4 Å². The van der Waals surface area contributed by atoms with E-state index in [0.29, 0.717) is 11.3 Å². The molecule has 1 amide bonds. The monoisotopic (exact) mass is 274 g/mol. The van der Waals surface area contributed by atoms with Crippen molar-refractivity contribution in [3.05, 3.63) is 51.3 Å². The number of benzene rings is 1. The Bertz CT molecular complexity index is 691. The van der Waals surface area contributed by atoms with Gasteiger partial charge in [0.1, 0.15) is 5.69 Å². The van der Waals surface area contributed by atoms with E-state index in [9.17, 15) is 14.9 Å². The van der Waals surface area contributed by atoms with Gasteiger partial charge in [-0.3, -0.25) is 19.6 Å². The van der Waals surface area contributed by atoms with Crippen molar-refractivity contribution in [3.8, 4) is 0 Å². The topological polar surface area (TPSA) is 90.1 Å². The lowest BCUT2D eigenvalue weighted by molar-refractivity contribution is -0.384. The molecule has 0 spiro atoms. The fourth-order valence-corrected chi connectivity index (χ4v) is 1.81. The second-order valence-electron chi connectivity index (χ2n) is 4.50. The molecule has 0 aliphatic rings. The molecule has 1 aromatic carbocycles. The number of rotatable bonds is 3. The highest BCUT2D eigenvalue weighted by atomic mass is 16.6. The van der Waals surface area contributed by atoms with Gasteiger partial charge in [-0.1, -0.05) is 6.07 Å². The number of carbonyl (C=O) groups is 1. The number of amides is 1. The number of nitro groups is 1. The van der Waals surface area contributed by atoms with Gasteiger partial charge in [-0.2, -0.15) is 5.10 Å². The first-order valence-electron chi connectivity index (χ1n) is 5.95. The number of aromatic nitrogens is 2. The molecule has 7 nitrogen and oxygen atoms in total. The van der Waals surface area contributed by atoms with E-state index in [0.717, 1.165) is 5.56 Å². The van der Waals surface area contributed by atoms with Crippen LogP contribution in [0, 0.1) is 24.0 Å². The van der Waals surface area contributed by atoms with Gasteiger partial charge in [0.25, 0.3) is 11.6 Å². The van der Waals surface area contributed by atoms with Gasteiger partial charge in [0.2, 0.25) is 0 Å². The van der Waals surface area contributed by atoms with Gasteiger partial charge >= 0.3 is 0 Å². The van der Waals surface area contributed by atoms with Gasteiger partial charge in [0.15, 0.2) is 0 Å². The number of nitro benzene ring substituents is 1. The Morgan fingerprint density at radius 2 is 2.10 bits per heavy atom. The first kappa shape index (κ1) is 13.7. The number of hydrogen-bond acceptors (Lipinski definition) is 4. The third-order valence-corrected chi connectivity index (χ3v) is 3.08. The fraction of sp³-hybridized carbons (Fsp3) is 0.231. The van der Waals surface area contributed by atoms with Crippen LogP contribution >= 0.6 is 0 Å². The Kier molecular flexibility index (Phi) is 3.51. The average molecular weight is 274 g/mol. The van der Waals surface area contributed by atoms with Crippen LogP contribution in [-0.4, -0.2) is 20.6 Å². The molecule has 2 aromatic rings. The summed E-state index contributed by atoms with van der Waals surface area (Å²) in [5, 5.41) is 17.5. The van der Waals surface area contributed by atoms with Crippen molar-refractivity contribution < 1.29 is 9.72 Å². The zero-order valence-electron chi connectivity index (χ0n) is 11.4. The SMILES string of the molecule is Cc1ccc(NC(=O)c2cnn(C)c2C)c([N+](=O)[O-])c1. The predicted octanol–water partition coefficient (Wildman–Crippen LogP) is 2.20. The maximum Gasteiger partial charge on any atom is 0.293 e. The Hall–Kier alpha value is -2.70. The maximum atomic E-state index is 12.1. The molecule has 0 fully saturated rings. The minimum absolute atomic E-state index is 0.125. The van der Waals surface area contributed by atoms with Crippen LogP contribution in [0.2, 0.25) is 0 Å². The summed E-state index contributed by atoms with van der Waals surface area (Å²) in [7, 11) is 1.72. The molecule has 0 saturated heterocycles. The summed E-state index contributed by atoms with van der Waals surface area (Å²) in [6, 6.07) is 4.65. The first-order chi connectivity index (χ1) is 9.40. The first-order valence-corrected chi connectivity index (χ1v) is 5.95. The van der Waals surface area contributed by atoms with Crippen molar-refractivity contribution in [3.63, 3.8) is 0 Å². The average Bonchev–Trinajstić information content (AvgIpc) is 2.72. The number of anilines is 1. The quantitative estimate of drug-likeness (QED) is 0.686. The Labute approximate surface area is 115 Å². The number of nitrogens with zero attached hydrogens (tertiary/aromatic N) is 3. The van der Waals surface area contributed by atoms with Gasteiger partial charge in [0, 0.05) is 18.8 Å². The molecular formula is C13H14N4O3. The summed E-state index contributed by atoms with van der Waals surface area (Å²) in [5.74, 6) is -0.414. The van der Waals surface area contributed by atoms with Crippen molar-refractivity contribution in [1.82, 2.24) is 9.78 Å². The highest BCUT2D eigenvalue weighted by Gasteiger charge is 2.19. The summed E-state index contributed by atoms with van der Waals surface area (Å²) in [5.41, 5.74) is 1.89. The highest BCUT2D eigenvalue weighted by Crippen LogP contribution is 2.26. The van der Waals surface area contributed by atoms with Gasteiger partial charge in [-0.25, -0.2) is 0 Å². The molecule has 1 aromatic heterocycles. The van der Waals surface area contributed by atoms with Crippen molar-refractivity contribution in [1.29, 1.82) is 0 Å². The maximum absolute atomic E-state index is 12.1. The Balaban J connectivity index is 2.33. The summed E-state index contributed by atoms with van der Waals surface area (Å²) in [6.45, 7) is 3.51. The smallest absolute Gasteiger partial charge is 0.293 e. The number of nitrogens with one attached hydrogen (secondary N) is 1. The molecule has 7 heteroatoms. The number of aryl methyl sites for hydroxylation is 2. The van der Waals surface area contributed by atoms with Crippen LogP contribution in [0.25, 0.3) is 0 Å². The molecule has 0 aliphatic heterocycles. The van der Waals surface area contributed by atoms with Crippen LogP contribution in [0.4, 0.5) is 11.4 Å². The minimum atomic E-state index is -0.515. The van der Waals surface area contributed by atoms with Crippen LogP contribution in [-0.2, 0) is 7.05 Å². The fourth-order valence-electron chi connectivity index (χ4n) is 1.81. The third-order valence-electron chi connectivity index (χ3n) is 3.08. The molecule has 20 heavy (non-hydrogen) atoms. The number of carbonyl (C=O) groups excluding carboxylic acids is 1. The van der Waals surface area contributed by atoms with Crippen molar-refractivity contribution in [2.45, 2.75) is 13.8 Å². The van der Waals surface area contributed by atoms with Crippen LogP contribution < -0.4 is 5.32 Å². The molecule has 0 radical (unpaired) electrons. The Morgan fingerprint density at radius 3 is 2.65 bits per heavy atom. The minimum Gasteiger partial charge on any atom is -0.316 e. The molecule has 0 saturated carbocycles. The summed E-state index contributed by atoms with van der Waals surface area (Å²) >= 11 is 0. The summed E-state index contributed by atoms with van der Waals surface area (Å²) < 4.78 is 1.57. The Morgan fingerprint density at radius 1 is 1.40 bits per heavy atom.